The summed E-state index contributed by atoms with van der Waals surface area (Å²) in [6.45, 7) is 3.07. The van der Waals surface area contributed by atoms with Gasteiger partial charge in [-0.25, -0.2) is 8.42 Å². The second kappa shape index (κ2) is 5.17. The third-order valence-corrected chi connectivity index (χ3v) is 5.08. The Balaban J connectivity index is 1.95. The summed E-state index contributed by atoms with van der Waals surface area (Å²) in [5, 5.41) is 2.85. The quantitative estimate of drug-likeness (QED) is 0.785. The largest absolute Gasteiger partial charge is 0.355 e. The Bertz CT molecular complexity index is 415. The number of rotatable bonds is 4. The predicted molar refractivity (Wildman–Crippen MR) is 70.1 cm³/mol. The topological polar surface area (TPSA) is 66.5 Å². The first-order valence-electron chi connectivity index (χ1n) is 6.55. The maximum Gasteiger partial charge on any atom is 0.221 e. The number of carbonyl (C=O) groups excluding carboxylic acids is 1. The van der Waals surface area contributed by atoms with Crippen LogP contribution >= 0.6 is 0 Å². The minimum atomic E-state index is -2.92. The molecule has 0 aromatic heterocycles. The van der Waals surface area contributed by atoms with Crippen LogP contribution in [0.2, 0.25) is 0 Å². The van der Waals surface area contributed by atoms with Crippen molar-refractivity contribution >= 4 is 15.7 Å². The second-order valence-corrected chi connectivity index (χ2v) is 7.94. The summed E-state index contributed by atoms with van der Waals surface area (Å²) < 4.78 is 23.0. The van der Waals surface area contributed by atoms with E-state index >= 15 is 0 Å². The van der Waals surface area contributed by atoms with E-state index in [9.17, 15) is 13.2 Å². The van der Waals surface area contributed by atoms with Gasteiger partial charge in [0.05, 0.1) is 5.75 Å². The molecule has 0 atom stereocenters. The van der Waals surface area contributed by atoms with Crippen LogP contribution in [0.3, 0.4) is 0 Å². The highest BCUT2D eigenvalue weighted by molar-refractivity contribution is 7.90. The zero-order chi connectivity index (χ0) is 13.2. The van der Waals surface area contributed by atoms with Crippen molar-refractivity contribution in [3.8, 4) is 0 Å². The van der Waals surface area contributed by atoms with Gasteiger partial charge in [-0.05, 0) is 18.3 Å². The molecule has 2 fully saturated rings. The normalized spacial score (nSPS) is 25.1. The molecule has 1 aliphatic carbocycles. The van der Waals surface area contributed by atoms with E-state index < -0.39 is 9.84 Å². The van der Waals surface area contributed by atoms with Gasteiger partial charge in [-0.1, -0.05) is 6.42 Å². The van der Waals surface area contributed by atoms with Crippen LogP contribution in [-0.2, 0) is 14.6 Å². The SMILES string of the molecule is CS(=O)(=O)CC1(CN2CCNC(=O)CC2)CCC1. The molecule has 0 spiro atoms. The fourth-order valence-corrected chi connectivity index (χ4v) is 4.52. The van der Waals surface area contributed by atoms with E-state index in [1.165, 1.54) is 6.26 Å². The summed E-state index contributed by atoms with van der Waals surface area (Å²) in [5.74, 6) is 0.390. The molecule has 0 unspecified atom stereocenters. The maximum atomic E-state index is 11.5. The first-order chi connectivity index (χ1) is 8.39. The first kappa shape index (κ1) is 13.8. The molecule has 0 radical (unpaired) electrons. The van der Waals surface area contributed by atoms with E-state index in [4.69, 9.17) is 0 Å². The molecule has 104 valence electrons. The Kier molecular flexibility index (Phi) is 3.96. The van der Waals surface area contributed by atoms with Gasteiger partial charge in [-0.2, -0.15) is 0 Å². The number of carbonyl (C=O) groups is 1. The number of sulfone groups is 1. The van der Waals surface area contributed by atoms with Crippen LogP contribution < -0.4 is 5.32 Å². The molecule has 1 saturated heterocycles. The van der Waals surface area contributed by atoms with Crippen molar-refractivity contribution in [2.75, 3.05) is 38.2 Å². The lowest BCUT2D eigenvalue weighted by Crippen LogP contribution is -2.47. The van der Waals surface area contributed by atoms with Crippen LogP contribution in [0, 0.1) is 5.41 Å². The van der Waals surface area contributed by atoms with Gasteiger partial charge >= 0.3 is 0 Å². The van der Waals surface area contributed by atoms with Gasteiger partial charge in [-0.3, -0.25) is 4.79 Å². The molecular weight excluding hydrogens is 252 g/mol. The van der Waals surface area contributed by atoms with Crippen LogP contribution in [-0.4, -0.2) is 57.4 Å². The van der Waals surface area contributed by atoms with Crippen molar-refractivity contribution in [2.45, 2.75) is 25.7 Å². The molecule has 0 bridgehead atoms. The Morgan fingerprint density at radius 3 is 2.61 bits per heavy atom. The van der Waals surface area contributed by atoms with Crippen LogP contribution in [0.1, 0.15) is 25.7 Å². The number of hydrogen-bond donors (Lipinski definition) is 1. The molecule has 2 aliphatic rings. The van der Waals surface area contributed by atoms with E-state index in [2.05, 4.69) is 10.2 Å². The average Bonchev–Trinajstić information content (AvgIpc) is 2.38. The predicted octanol–water partition coefficient (Wildman–Crippen LogP) is 0.0232. The lowest BCUT2D eigenvalue weighted by Gasteiger charge is -2.44. The van der Waals surface area contributed by atoms with Crippen LogP contribution in [0.15, 0.2) is 0 Å². The summed E-state index contributed by atoms with van der Waals surface area (Å²) in [6, 6.07) is 0. The molecule has 2 rings (SSSR count). The zero-order valence-electron chi connectivity index (χ0n) is 10.9. The Morgan fingerprint density at radius 1 is 1.33 bits per heavy atom. The monoisotopic (exact) mass is 274 g/mol. The van der Waals surface area contributed by atoms with Gasteiger partial charge in [0.1, 0.15) is 9.84 Å². The standard InChI is InChI=1S/C12H22N2O3S/c1-18(16,17)10-12(4-2-5-12)9-14-7-3-11(15)13-6-8-14/h2-10H2,1H3,(H,13,15). The fraction of sp³-hybridized carbons (Fsp3) is 0.917. The first-order valence-corrected chi connectivity index (χ1v) is 8.61. The lowest BCUT2D eigenvalue weighted by molar-refractivity contribution is -0.120. The molecule has 0 aromatic rings. The maximum absolute atomic E-state index is 11.5. The fourth-order valence-electron chi connectivity index (χ4n) is 3.03. The second-order valence-electron chi connectivity index (χ2n) is 5.80. The van der Waals surface area contributed by atoms with Gasteiger partial charge in [0.15, 0.2) is 0 Å². The molecule has 1 amide bonds. The molecular formula is C12H22N2O3S. The van der Waals surface area contributed by atoms with Crippen molar-refractivity contribution < 1.29 is 13.2 Å². The van der Waals surface area contributed by atoms with Crippen LogP contribution in [0.25, 0.3) is 0 Å². The molecule has 1 saturated carbocycles. The highest BCUT2D eigenvalue weighted by Crippen LogP contribution is 2.42. The van der Waals surface area contributed by atoms with Crippen molar-refractivity contribution in [3.63, 3.8) is 0 Å². The number of nitrogens with one attached hydrogen (secondary N) is 1. The summed E-state index contributed by atoms with van der Waals surface area (Å²) in [7, 11) is -2.92. The van der Waals surface area contributed by atoms with Crippen LogP contribution in [0.5, 0.6) is 0 Å². The van der Waals surface area contributed by atoms with Gasteiger partial charge in [0.25, 0.3) is 0 Å². The van der Waals surface area contributed by atoms with E-state index in [1.807, 2.05) is 0 Å². The minimum Gasteiger partial charge on any atom is -0.355 e. The third-order valence-electron chi connectivity index (χ3n) is 3.95. The molecule has 1 heterocycles. The summed E-state index contributed by atoms with van der Waals surface area (Å²) >= 11 is 0. The van der Waals surface area contributed by atoms with E-state index in [0.29, 0.717) is 13.0 Å². The number of nitrogens with zero attached hydrogens (tertiary/aromatic N) is 1. The molecule has 6 heteroatoms. The van der Waals surface area contributed by atoms with Crippen molar-refractivity contribution in [1.29, 1.82) is 0 Å². The number of amides is 1. The molecule has 0 aromatic carbocycles. The molecule has 1 N–H and O–H groups in total. The average molecular weight is 274 g/mol. The van der Waals surface area contributed by atoms with Crippen molar-refractivity contribution in [1.82, 2.24) is 10.2 Å². The summed E-state index contributed by atoms with van der Waals surface area (Å²) in [5.41, 5.74) is -0.0546. The highest BCUT2D eigenvalue weighted by Gasteiger charge is 2.41. The highest BCUT2D eigenvalue weighted by atomic mass is 32.2. The molecule has 5 nitrogen and oxygen atoms in total. The van der Waals surface area contributed by atoms with Gasteiger partial charge in [0.2, 0.25) is 5.91 Å². The van der Waals surface area contributed by atoms with E-state index in [0.717, 1.165) is 38.9 Å². The van der Waals surface area contributed by atoms with E-state index in [1.54, 1.807) is 0 Å². The van der Waals surface area contributed by atoms with E-state index in [-0.39, 0.29) is 17.1 Å². The zero-order valence-corrected chi connectivity index (χ0v) is 11.8. The van der Waals surface area contributed by atoms with Crippen molar-refractivity contribution in [3.05, 3.63) is 0 Å². The van der Waals surface area contributed by atoms with Gasteiger partial charge < -0.3 is 10.2 Å². The third kappa shape index (κ3) is 3.68. The summed E-state index contributed by atoms with van der Waals surface area (Å²) in [4.78, 5) is 13.5. The van der Waals surface area contributed by atoms with Gasteiger partial charge in [0, 0.05) is 38.9 Å². The molecule has 18 heavy (non-hydrogen) atoms. The lowest BCUT2D eigenvalue weighted by atomic mass is 9.70. The Morgan fingerprint density at radius 2 is 2.06 bits per heavy atom. The van der Waals surface area contributed by atoms with Gasteiger partial charge in [-0.15, -0.1) is 0 Å². The minimum absolute atomic E-state index is 0.0546. The Labute approximate surface area is 109 Å². The van der Waals surface area contributed by atoms with Crippen LogP contribution in [0.4, 0.5) is 0 Å². The molecule has 1 aliphatic heterocycles. The Hall–Kier alpha value is -0.620. The number of hydrogen-bond acceptors (Lipinski definition) is 4. The van der Waals surface area contributed by atoms with Crippen molar-refractivity contribution in [2.24, 2.45) is 5.41 Å². The smallest absolute Gasteiger partial charge is 0.221 e. The summed E-state index contributed by atoms with van der Waals surface area (Å²) in [6.07, 6.45) is 4.96.